The van der Waals surface area contributed by atoms with Gasteiger partial charge in [-0.1, -0.05) is 33.3 Å². The number of unbranched alkanes of at least 4 members (excludes halogenated alkanes) is 1. The van der Waals surface area contributed by atoms with Crippen molar-refractivity contribution < 1.29 is 14.7 Å². The first kappa shape index (κ1) is 16.2. The lowest BCUT2D eigenvalue weighted by atomic mass is 9.92. The number of aliphatic hydroxyl groups excluding tert-OH is 1. The Kier molecular flexibility index (Phi) is 4.96. The molecule has 22 heavy (non-hydrogen) atoms. The number of carbonyl (C=O) groups excluding carboxylic acids is 2. The number of ketones is 1. The molecule has 0 fully saturated rings. The van der Waals surface area contributed by atoms with Gasteiger partial charge in [-0.2, -0.15) is 0 Å². The van der Waals surface area contributed by atoms with Crippen LogP contribution in [0, 0.1) is 5.92 Å². The Morgan fingerprint density at radius 2 is 2.18 bits per heavy atom. The van der Waals surface area contributed by atoms with Gasteiger partial charge in [0.15, 0.2) is 11.5 Å². The Balaban J connectivity index is 2.48. The first-order valence-electron chi connectivity index (χ1n) is 7.67. The highest BCUT2D eigenvalue weighted by atomic mass is 16.3. The molecule has 0 radical (unpaired) electrons. The minimum absolute atomic E-state index is 0.196. The number of hydrogen-bond donors (Lipinski definition) is 1. The molecule has 1 aliphatic rings. The molecule has 1 amide bonds. The van der Waals surface area contributed by atoms with Crippen molar-refractivity contribution in [2.24, 2.45) is 5.92 Å². The lowest BCUT2D eigenvalue weighted by Gasteiger charge is -2.26. The molecule has 1 N–H and O–H groups in total. The van der Waals surface area contributed by atoms with Crippen LogP contribution < -0.4 is 0 Å². The molecule has 0 bridgehead atoms. The van der Waals surface area contributed by atoms with Gasteiger partial charge in [0.05, 0.1) is 11.6 Å². The number of pyridine rings is 1. The predicted octanol–water partition coefficient (Wildman–Crippen LogP) is 2.80. The van der Waals surface area contributed by atoms with E-state index in [0.717, 1.165) is 18.4 Å². The molecule has 0 aromatic carbocycles. The van der Waals surface area contributed by atoms with E-state index < -0.39 is 17.7 Å². The number of aromatic nitrogens is 1. The van der Waals surface area contributed by atoms with E-state index in [1.165, 1.54) is 0 Å². The van der Waals surface area contributed by atoms with Gasteiger partial charge in [0.25, 0.3) is 5.91 Å². The van der Waals surface area contributed by atoms with Crippen LogP contribution in [0.3, 0.4) is 0 Å². The molecular formula is C17H22N2O3. The van der Waals surface area contributed by atoms with Gasteiger partial charge in [-0.05, 0) is 18.1 Å². The molecule has 5 heteroatoms. The van der Waals surface area contributed by atoms with Crippen molar-refractivity contribution in [3.05, 3.63) is 41.4 Å². The first-order valence-corrected chi connectivity index (χ1v) is 7.67. The van der Waals surface area contributed by atoms with Crippen molar-refractivity contribution in [3.63, 3.8) is 0 Å². The van der Waals surface area contributed by atoms with Crippen LogP contribution in [-0.2, 0) is 9.59 Å². The van der Waals surface area contributed by atoms with Crippen molar-refractivity contribution in [3.8, 4) is 0 Å². The van der Waals surface area contributed by atoms with Gasteiger partial charge in [0.2, 0.25) is 0 Å². The molecule has 0 spiro atoms. The summed E-state index contributed by atoms with van der Waals surface area (Å²) in [5.41, 5.74) is 0.948. The van der Waals surface area contributed by atoms with Crippen molar-refractivity contribution >= 4 is 11.7 Å². The number of hydrogen-bond acceptors (Lipinski definition) is 4. The van der Waals surface area contributed by atoms with Gasteiger partial charge in [-0.25, -0.2) is 0 Å². The largest absolute Gasteiger partial charge is 0.503 e. The van der Waals surface area contributed by atoms with Crippen molar-refractivity contribution in [2.75, 3.05) is 6.54 Å². The molecule has 5 nitrogen and oxygen atoms in total. The SMILES string of the molecule is CCCCN1C(=O)C(O)=C(C(=O)C(C)C)C1c1cccnc1. The summed E-state index contributed by atoms with van der Waals surface area (Å²) in [6.07, 6.45) is 5.03. The number of carbonyl (C=O) groups is 2. The van der Waals surface area contributed by atoms with Gasteiger partial charge >= 0.3 is 0 Å². The summed E-state index contributed by atoms with van der Waals surface area (Å²) in [6.45, 7) is 6.07. The standard InChI is InChI=1S/C17H22N2O3/c1-4-5-9-19-14(12-7-6-8-18-10-12)13(15(20)11(2)3)16(21)17(19)22/h6-8,10-11,14,21H,4-5,9H2,1-3H3. The number of rotatable bonds is 6. The van der Waals surface area contributed by atoms with Crippen LogP contribution in [-0.4, -0.2) is 33.2 Å². The van der Waals surface area contributed by atoms with Gasteiger partial charge in [-0.3, -0.25) is 14.6 Å². The van der Waals surface area contributed by atoms with E-state index in [9.17, 15) is 14.7 Å². The Morgan fingerprint density at radius 3 is 2.73 bits per heavy atom. The smallest absolute Gasteiger partial charge is 0.290 e. The molecule has 118 valence electrons. The maximum absolute atomic E-state index is 12.5. The maximum atomic E-state index is 12.5. The molecular weight excluding hydrogens is 280 g/mol. The Labute approximate surface area is 130 Å². The second kappa shape index (κ2) is 6.73. The zero-order valence-corrected chi connectivity index (χ0v) is 13.2. The third-order valence-corrected chi connectivity index (χ3v) is 3.85. The Hall–Kier alpha value is -2.17. The average Bonchev–Trinajstić information content (AvgIpc) is 2.77. The highest BCUT2D eigenvalue weighted by Crippen LogP contribution is 2.38. The molecule has 2 rings (SSSR count). The monoisotopic (exact) mass is 302 g/mol. The fraction of sp³-hybridized carbons (Fsp3) is 0.471. The summed E-state index contributed by atoms with van der Waals surface area (Å²) in [6, 6.07) is 3.06. The van der Waals surface area contributed by atoms with E-state index in [-0.39, 0.29) is 17.3 Å². The van der Waals surface area contributed by atoms with E-state index in [4.69, 9.17) is 0 Å². The highest BCUT2D eigenvalue weighted by Gasteiger charge is 2.43. The lowest BCUT2D eigenvalue weighted by Crippen LogP contribution is -2.32. The summed E-state index contributed by atoms with van der Waals surface area (Å²) < 4.78 is 0. The van der Waals surface area contributed by atoms with Crippen LogP contribution >= 0.6 is 0 Å². The quantitative estimate of drug-likeness (QED) is 0.877. The van der Waals surface area contributed by atoms with E-state index >= 15 is 0 Å². The van der Waals surface area contributed by atoms with Crippen molar-refractivity contribution in [1.29, 1.82) is 0 Å². The molecule has 1 aromatic rings. The number of amides is 1. The summed E-state index contributed by atoms with van der Waals surface area (Å²) in [5, 5.41) is 10.2. The molecule has 2 heterocycles. The second-order valence-corrected chi connectivity index (χ2v) is 5.82. The van der Waals surface area contributed by atoms with Crippen molar-refractivity contribution in [1.82, 2.24) is 9.88 Å². The van der Waals surface area contributed by atoms with Crippen LogP contribution in [0.25, 0.3) is 0 Å². The van der Waals surface area contributed by atoms with E-state index in [1.54, 1.807) is 37.2 Å². The Bertz CT molecular complexity index is 593. The van der Waals surface area contributed by atoms with Crippen LogP contribution in [0.5, 0.6) is 0 Å². The van der Waals surface area contributed by atoms with Gasteiger partial charge in [-0.15, -0.1) is 0 Å². The first-order chi connectivity index (χ1) is 10.5. The van der Waals surface area contributed by atoms with Crippen molar-refractivity contribution in [2.45, 2.75) is 39.7 Å². The van der Waals surface area contributed by atoms with Crippen LogP contribution in [0.4, 0.5) is 0 Å². The highest BCUT2D eigenvalue weighted by molar-refractivity contribution is 6.09. The van der Waals surface area contributed by atoms with Crippen LogP contribution in [0.2, 0.25) is 0 Å². The summed E-state index contributed by atoms with van der Waals surface area (Å²) in [7, 11) is 0. The second-order valence-electron chi connectivity index (χ2n) is 5.82. The number of aliphatic hydroxyl groups is 1. The van der Waals surface area contributed by atoms with Gasteiger partial charge in [0.1, 0.15) is 0 Å². The summed E-state index contributed by atoms with van der Waals surface area (Å²) in [5.74, 6) is -1.36. The third-order valence-electron chi connectivity index (χ3n) is 3.85. The van der Waals surface area contributed by atoms with E-state index in [1.807, 2.05) is 13.0 Å². The number of nitrogens with zero attached hydrogens (tertiary/aromatic N) is 2. The fourth-order valence-corrected chi connectivity index (χ4v) is 2.66. The molecule has 0 saturated carbocycles. The maximum Gasteiger partial charge on any atom is 0.290 e. The van der Waals surface area contributed by atoms with Gasteiger partial charge < -0.3 is 10.0 Å². The van der Waals surface area contributed by atoms with Gasteiger partial charge in [0, 0.05) is 24.9 Å². The third kappa shape index (κ3) is 2.89. The van der Waals surface area contributed by atoms with E-state index in [0.29, 0.717) is 6.54 Å². The fourth-order valence-electron chi connectivity index (χ4n) is 2.66. The minimum atomic E-state index is -0.539. The van der Waals surface area contributed by atoms with Crippen LogP contribution in [0.1, 0.15) is 45.2 Å². The summed E-state index contributed by atoms with van der Waals surface area (Å²) in [4.78, 5) is 30.5. The predicted molar refractivity (Wildman–Crippen MR) is 83.1 cm³/mol. The molecule has 0 saturated heterocycles. The topological polar surface area (TPSA) is 70.5 Å². The molecule has 0 aliphatic carbocycles. The molecule has 1 atom stereocenters. The molecule has 1 aromatic heterocycles. The number of Topliss-reactive ketones (excluding diaryl/α,β-unsaturated/α-hetero) is 1. The average molecular weight is 302 g/mol. The molecule has 1 aliphatic heterocycles. The zero-order valence-electron chi connectivity index (χ0n) is 13.2. The van der Waals surface area contributed by atoms with Crippen LogP contribution in [0.15, 0.2) is 35.9 Å². The normalized spacial score (nSPS) is 18.5. The zero-order chi connectivity index (χ0) is 16.3. The summed E-state index contributed by atoms with van der Waals surface area (Å²) >= 11 is 0. The minimum Gasteiger partial charge on any atom is -0.503 e. The Morgan fingerprint density at radius 1 is 1.45 bits per heavy atom. The lowest BCUT2D eigenvalue weighted by molar-refractivity contribution is -0.129. The van der Waals surface area contributed by atoms with E-state index in [2.05, 4.69) is 4.98 Å². The molecule has 1 unspecified atom stereocenters.